The van der Waals surface area contributed by atoms with Gasteiger partial charge in [-0.05, 0) is 50.5 Å². The van der Waals surface area contributed by atoms with Crippen LogP contribution in [0.25, 0.3) is 10.8 Å². The Morgan fingerprint density at radius 1 is 1.30 bits per heavy atom. The van der Waals surface area contributed by atoms with Crippen LogP contribution in [-0.4, -0.2) is 36.1 Å². The number of nitrogens with one attached hydrogen (secondary N) is 1. The molecule has 3 rings (SSSR count). The number of hydrogen-bond donors (Lipinski definition) is 1. The molecule has 4 nitrogen and oxygen atoms in total. The average Bonchev–Trinajstić information content (AvgIpc) is 2.49. The SMILES string of the molecule is CN1CCC(Nc2nccc3cccc(C#N)c23)CC1. The van der Waals surface area contributed by atoms with Gasteiger partial charge in [-0.25, -0.2) is 4.98 Å². The van der Waals surface area contributed by atoms with E-state index in [-0.39, 0.29) is 0 Å². The van der Waals surface area contributed by atoms with Gasteiger partial charge >= 0.3 is 0 Å². The zero-order valence-corrected chi connectivity index (χ0v) is 11.6. The normalized spacial score (nSPS) is 17.0. The minimum absolute atomic E-state index is 0.441. The topological polar surface area (TPSA) is 52.0 Å². The second-order valence-electron chi connectivity index (χ2n) is 5.40. The molecule has 102 valence electrons. The number of pyridine rings is 1. The summed E-state index contributed by atoms with van der Waals surface area (Å²) in [6.45, 7) is 2.21. The van der Waals surface area contributed by atoms with Crippen molar-refractivity contribution in [3.63, 3.8) is 0 Å². The average molecular weight is 266 g/mol. The first-order valence-corrected chi connectivity index (χ1v) is 7.01. The van der Waals surface area contributed by atoms with Gasteiger partial charge in [0, 0.05) is 17.6 Å². The minimum atomic E-state index is 0.441. The molecule has 0 bridgehead atoms. The molecule has 0 saturated carbocycles. The molecule has 0 atom stereocenters. The Bertz CT molecular complexity index is 646. The van der Waals surface area contributed by atoms with Crippen LogP contribution >= 0.6 is 0 Å². The molecule has 1 fully saturated rings. The van der Waals surface area contributed by atoms with Crippen LogP contribution in [0, 0.1) is 11.3 Å². The largest absolute Gasteiger partial charge is 0.367 e. The van der Waals surface area contributed by atoms with Crippen molar-refractivity contribution in [1.82, 2.24) is 9.88 Å². The summed E-state index contributed by atoms with van der Waals surface area (Å²) in [4.78, 5) is 6.80. The molecular weight excluding hydrogens is 248 g/mol. The van der Waals surface area contributed by atoms with Crippen LogP contribution in [0.15, 0.2) is 30.5 Å². The highest BCUT2D eigenvalue weighted by Gasteiger charge is 2.18. The third-order valence-corrected chi connectivity index (χ3v) is 3.97. The molecule has 20 heavy (non-hydrogen) atoms. The van der Waals surface area contributed by atoms with Crippen molar-refractivity contribution in [2.24, 2.45) is 0 Å². The number of piperidine rings is 1. The van der Waals surface area contributed by atoms with E-state index in [9.17, 15) is 5.26 Å². The summed E-state index contributed by atoms with van der Waals surface area (Å²) in [5, 5.41) is 14.8. The van der Waals surface area contributed by atoms with Crippen LogP contribution in [0.5, 0.6) is 0 Å². The van der Waals surface area contributed by atoms with Gasteiger partial charge in [-0.15, -0.1) is 0 Å². The summed E-state index contributed by atoms with van der Waals surface area (Å²) >= 11 is 0. The van der Waals surface area contributed by atoms with E-state index in [4.69, 9.17) is 0 Å². The molecule has 1 aromatic heterocycles. The van der Waals surface area contributed by atoms with Gasteiger partial charge in [0.1, 0.15) is 5.82 Å². The first-order chi connectivity index (χ1) is 9.78. The number of anilines is 1. The monoisotopic (exact) mass is 266 g/mol. The van der Waals surface area contributed by atoms with Crippen molar-refractivity contribution in [2.75, 3.05) is 25.5 Å². The lowest BCUT2D eigenvalue weighted by Gasteiger charge is -2.30. The zero-order chi connectivity index (χ0) is 13.9. The summed E-state index contributed by atoms with van der Waals surface area (Å²) in [6.07, 6.45) is 4.04. The Balaban J connectivity index is 1.93. The fraction of sp³-hybridized carbons (Fsp3) is 0.375. The van der Waals surface area contributed by atoms with Gasteiger partial charge in [0.25, 0.3) is 0 Å². The van der Waals surface area contributed by atoms with Crippen LogP contribution in [0.4, 0.5) is 5.82 Å². The van der Waals surface area contributed by atoms with Crippen molar-refractivity contribution >= 4 is 16.6 Å². The van der Waals surface area contributed by atoms with Gasteiger partial charge in [-0.3, -0.25) is 0 Å². The Morgan fingerprint density at radius 3 is 2.85 bits per heavy atom. The highest BCUT2D eigenvalue weighted by atomic mass is 15.1. The number of hydrogen-bond acceptors (Lipinski definition) is 4. The minimum Gasteiger partial charge on any atom is -0.367 e. The molecule has 0 amide bonds. The van der Waals surface area contributed by atoms with E-state index in [0.29, 0.717) is 11.6 Å². The van der Waals surface area contributed by atoms with Crippen LogP contribution < -0.4 is 5.32 Å². The smallest absolute Gasteiger partial charge is 0.135 e. The van der Waals surface area contributed by atoms with Crippen molar-refractivity contribution in [2.45, 2.75) is 18.9 Å². The summed E-state index contributed by atoms with van der Waals surface area (Å²) < 4.78 is 0. The molecule has 2 heterocycles. The lowest BCUT2D eigenvalue weighted by molar-refractivity contribution is 0.264. The number of fused-ring (bicyclic) bond motifs is 1. The molecule has 0 radical (unpaired) electrons. The molecule has 1 aromatic carbocycles. The number of benzene rings is 1. The van der Waals surface area contributed by atoms with E-state index in [0.717, 1.165) is 42.5 Å². The van der Waals surface area contributed by atoms with Gasteiger partial charge in [0.15, 0.2) is 0 Å². The van der Waals surface area contributed by atoms with Crippen molar-refractivity contribution in [3.8, 4) is 6.07 Å². The summed E-state index contributed by atoms with van der Waals surface area (Å²) in [6, 6.07) is 10.5. The van der Waals surface area contributed by atoms with Crippen LogP contribution in [0.1, 0.15) is 18.4 Å². The Hall–Kier alpha value is -2.12. The Kier molecular flexibility index (Phi) is 3.53. The van der Waals surface area contributed by atoms with E-state index < -0.39 is 0 Å². The van der Waals surface area contributed by atoms with Crippen LogP contribution in [0.3, 0.4) is 0 Å². The van der Waals surface area contributed by atoms with Gasteiger partial charge in [0.05, 0.1) is 11.6 Å². The van der Waals surface area contributed by atoms with E-state index in [2.05, 4.69) is 28.3 Å². The third kappa shape index (κ3) is 2.45. The standard InChI is InChI=1S/C16H18N4/c1-20-9-6-14(7-10-20)19-16-15-12(5-8-18-16)3-2-4-13(15)11-17/h2-5,8,14H,6-7,9-10H2,1H3,(H,18,19). The maximum absolute atomic E-state index is 9.29. The summed E-state index contributed by atoms with van der Waals surface area (Å²) in [5.74, 6) is 0.842. The van der Waals surface area contributed by atoms with Crippen molar-refractivity contribution < 1.29 is 0 Å². The Labute approximate surface area is 119 Å². The van der Waals surface area contributed by atoms with Crippen LogP contribution in [-0.2, 0) is 0 Å². The van der Waals surface area contributed by atoms with Gasteiger partial charge in [-0.2, -0.15) is 5.26 Å². The van der Waals surface area contributed by atoms with Gasteiger partial charge in [0.2, 0.25) is 0 Å². The maximum atomic E-state index is 9.29. The molecule has 1 saturated heterocycles. The van der Waals surface area contributed by atoms with E-state index in [1.807, 2.05) is 24.3 Å². The quantitative estimate of drug-likeness (QED) is 0.907. The molecule has 0 spiro atoms. The molecule has 4 heteroatoms. The second-order valence-corrected chi connectivity index (χ2v) is 5.40. The number of nitrogens with zero attached hydrogens (tertiary/aromatic N) is 3. The second kappa shape index (κ2) is 5.48. The lowest BCUT2D eigenvalue weighted by atomic mass is 10.0. The predicted octanol–water partition coefficient (Wildman–Crippen LogP) is 2.61. The molecule has 2 aromatic rings. The zero-order valence-electron chi connectivity index (χ0n) is 11.6. The first kappa shape index (κ1) is 12.9. The number of aromatic nitrogens is 1. The van der Waals surface area contributed by atoms with E-state index >= 15 is 0 Å². The highest BCUT2D eigenvalue weighted by Crippen LogP contribution is 2.26. The fourth-order valence-electron chi connectivity index (χ4n) is 2.78. The van der Waals surface area contributed by atoms with Crippen molar-refractivity contribution in [3.05, 3.63) is 36.0 Å². The highest BCUT2D eigenvalue weighted by molar-refractivity contribution is 5.96. The third-order valence-electron chi connectivity index (χ3n) is 3.97. The summed E-state index contributed by atoms with van der Waals surface area (Å²) in [5.41, 5.74) is 0.686. The predicted molar refractivity (Wildman–Crippen MR) is 80.6 cm³/mol. The number of nitriles is 1. The lowest BCUT2D eigenvalue weighted by Crippen LogP contribution is -2.36. The molecule has 0 aliphatic carbocycles. The first-order valence-electron chi connectivity index (χ1n) is 7.01. The molecule has 1 N–H and O–H groups in total. The van der Waals surface area contributed by atoms with Crippen molar-refractivity contribution in [1.29, 1.82) is 5.26 Å². The van der Waals surface area contributed by atoms with Gasteiger partial charge < -0.3 is 10.2 Å². The Morgan fingerprint density at radius 2 is 2.10 bits per heavy atom. The maximum Gasteiger partial charge on any atom is 0.135 e. The van der Waals surface area contributed by atoms with E-state index in [1.165, 1.54) is 0 Å². The van der Waals surface area contributed by atoms with E-state index in [1.54, 1.807) is 6.20 Å². The molecule has 1 aliphatic heterocycles. The molecule has 1 aliphatic rings. The molecular formula is C16H18N4. The summed E-state index contributed by atoms with van der Waals surface area (Å²) in [7, 11) is 2.15. The number of rotatable bonds is 2. The molecule has 0 unspecified atom stereocenters. The number of likely N-dealkylation sites (tertiary alicyclic amines) is 1. The van der Waals surface area contributed by atoms with Crippen LogP contribution in [0.2, 0.25) is 0 Å². The fourth-order valence-corrected chi connectivity index (χ4v) is 2.78. The van der Waals surface area contributed by atoms with Gasteiger partial charge in [-0.1, -0.05) is 12.1 Å².